The van der Waals surface area contributed by atoms with E-state index in [1.54, 1.807) is 0 Å². The van der Waals surface area contributed by atoms with Crippen LogP contribution in [0.2, 0.25) is 0 Å². The zero-order valence-corrected chi connectivity index (χ0v) is 13.3. The van der Waals surface area contributed by atoms with E-state index >= 15 is 0 Å². The molecule has 0 aromatic rings. The molecule has 108 valence electrons. The molecule has 0 amide bonds. The minimum Gasteiger partial charge on any atom is -0.294 e. The molecule has 0 heterocycles. The van der Waals surface area contributed by atoms with Crippen LogP contribution in [-0.2, 0) is 0 Å². The second-order valence-corrected chi connectivity index (χ2v) is 5.67. The highest BCUT2D eigenvalue weighted by Gasteiger charge is 2.13. The van der Waals surface area contributed by atoms with Crippen molar-refractivity contribution in [3.63, 3.8) is 0 Å². The van der Waals surface area contributed by atoms with Gasteiger partial charge >= 0.3 is 0 Å². The van der Waals surface area contributed by atoms with Gasteiger partial charge in [-0.2, -0.15) is 0 Å². The van der Waals surface area contributed by atoms with E-state index in [1.807, 2.05) is 0 Å². The second kappa shape index (κ2) is 10.6. The number of hydrogen-bond donors (Lipinski definition) is 0. The van der Waals surface area contributed by atoms with Crippen LogP contribution in [0.15, 0.2) is 12.7 Å². The molecular formula is C16H34N2. The van der Waals surface area contributed by atoms with Gasteiger partial charge in [-0.15, -0.1) is 6.58 Å². The van der Waals surface area contributed by atoms with Gasteiger partial charge in [0.2, 0.25) is 0 Å². The van der Waals surface area contributed by atoms with Gasteiger partial charge < -0.3 is 0 Å². The van der Waals surface area contributed by atoms with Crippen molar-refractivity contribution in [3.8, 4) is 0 Å². The molecule has 0 radical (unpaired) electrons. The fourth-order valence-corrected chi connectivity index (χ4v) is 2.12. The van der Waals surface area contributed by atoms with Gasteiger partial charge in [0.05, 0.1) is 6.67 Å². The number of hydrogen-bond acceptors (Lipinski definition) is 2. The highest BCUT2D eigenvalue weighted by Crippen LogP contribution is 2.12. The van der Waals surface area contributed by atoms with E-state index in [4.69, 9.17) is 0 Å². The molecule has 0 aromatic carbocycles. The smallest absolute Gasteiger partial charge is 0.0505 e. The van der Waals surface area contributed by atoms with E-state index in [0.717, 1.165) is 6.67 Å². The average Bonchev–Trinajstić information content (AvgIpc) is 2.35. The van der Waals surface area contributed by atoms with Gasteiger partial charge in [0.15, 0.2) is 0 Å². The molecule has 0 rings (SSSR count). The average molecular weight is 254 g/mol. The van der Waals surface area contributed by atoms with Gasteiger partial charge in [0.25, 0.3) is 0 Å². The molecule has 1 atom stereocenters. The molecule has 0 spiro atoms. The van der Waals surface area contributed by atoms with Crippen LogP contribution < -0.4 is 0 Å². The van der Waals surface area contributed by atoms with Crippen LogP contribution in [0, 0.1) is 5.92 Å². The summed E-state index contributed by atoms with van der Waals surface area (Å²) in [5.41, 5.74) is 0. The predicted octanol–water partition coefficient (Wildman–Crippen LogP) is 3.99. The summed E-state index contributed by atoms with van der Waals surface area (Å²) in [7, 11) is 2.23. The highest BCUT2D eigenvalue weighted by atomic mass is 15.3. The van der Waals surface area contributed by atoms with Crippen molar-refractivity contribution in [2.45, 2.75) is 59.4 Å². The van der Waals surface area contributed by atoms with Gasteiger partial charge in [-0.05, 0) is 52.6 Å². The normalized spacial score (nSPS) is 13.6. The maximum Gasteiger partial charge on any atom is 0.0505 e. The molecule has 0 aliphatic carbocycles. The molecule has 0 saturated heterocycles. The van der Waals surface area contributed by atoms with Crippen molar-refractivity contribution in [2.24, 2.45) is 5.92 Å². The molecule has 2 heteroatoms. The molecular weight excluding hydrogens is 220 g/mol. The Kier molecular flexibility index (Phi) is 10.4. The molecule has 18 heavy (non-hydrogen) atoms. The summed E-state index contributed by atoms with van der Waals surface area (Å²) in [5.74, 6) is 0.673. The Morgan fingerprint density at radius 3 is 2.28 bits per heavy atom. The van der Waals surface area contributed by atoms with E-state index in [9.17, 15) is 0 Å². The summed E-state index contributed by atoms with van der Waals surface area (Å²) in [6.07, 6.45) is 7.13. The van der Waals surface area contributed by atoms with Crippen LogP contribution in [0.3, 0.4) is 0 Å². The van der Waals surface area contributed by atoms with E-state index < -0.39 is 0 Å². The Morgan fingerprint density at radius 1 is 1.17 bits per heavy atom. The molecule has 0 aliphatic rings. The first-order valence-electron chi connectivity index (χ1n) is 7.60. The molecule has 0 aromatic heterocycles. The van der Waals surface area contributed by atoms with Gasteiger partial charge in [-0.25, -0.2) is 0 Å². The molecule has 0 fully saturated rings. The topological polar surface area (TPSA) is 6.48 Å². The summed E-state index contributed by atoms with van der Waals surface area (Å²) >= 11 is 0. The quantitative estimate of drug-likeness (QED) is 0.406. The van der Waals surface area contributed by atoms with Gasteiger partial charge in [0.1, 0.15) is 0 Å². The number of rotatable bonds is 11. The Hall–Kier alpha value is -0.340. The van der Waals surface area contributed by atoms with Crippen LogP contribution in [-0.4, -0.2) is 42.6 Å². The van der Waals surface area contributed by atoms with Crippen molar-refractivity contribution < 1.29 is 0 Å². The standard InChI is InChI=1S/C16H34N2/c1-7-10-12-17(6)14-18(15(4)5)13-11-16(8-2)9-3/h8,15-16H,2,7,9-14H2,1,3-6H3. The summed E-state index contributed by atoms with van der Waals surface area (Å²) in [6.45, 7) is 16.5. The SMILES string of the molecule is C=CC(CC)CCN(CN(C)CCCC)C(C)C. The summed E-state index contributed by atoms with van der Waals surface area (Å²) in [4.78, 5) is 5.01. The fraction of sp³-hybridized carbons (Fsp3) is 0.875. The molecule has 0 N–H and O–H groups in total. The molecule has 0 saturated carbocycles. The van der Waals surface area contributed by atoms with Gasteiger partial charge in [-0.3, -0.25) is 9.80 Å². The Balaban J connectivity index is 4.09. The van der Waals surface area contributed by atoms with E-state index in [-0.39, 0.29) is 0 Å². The van der Waals surface area contributed by atoms with E-state index in [1.165, 1.54) is 38.8 Å². The molecule has 0 bridgehead atoms. The largest absolute Gasteiger partial charge is 0.294 e. The van der Waals surface area contributed by atoms with Crippen LogP contribution in [0.5, 0.6) is 0 Å². The first-order valence-corrected chi connectivity index (χ1v) is 7.60. The lowest BCUT2D eigenvalue weighted by atomic mass is 10.0. The van der Waals surface area contributed by atoms with E-state index in [2.05, 4.69) is 57.2 Å². The zero-order chi connectivity index (χ0) is 14.0. The summed E-state index contributed by atoms with van der Waals surface area (Å²) in [5, 5.41) is 0. The van der Waals surface area contributed by atoms with Crippen molar-refractivity contribution in [1.29, 1.82) is 0 Å². The third-order valence-electron chi connectivity index (χ3n) is 3.69. The highest BCUT2D eigenvalue weighted by molar-refractivity contribution is 4.79. The third-order valence-corrected chi connectivity index (χ3v) is 3.69. The number of allylic oxidation sites excluding steroid dienone is 1. The van der Waals surface area contributed by atoms with Crippen LogP contribution in [0.4, 0.5) is 0 Å². The van der Waals surface area contributed by atoms with Crippen LogP contribution >= 0.6 is 0 Å². The predicted molar refractivity (Wildman–Crippen MR) is 82.8 cm³/mol. The third kappa shape index (κ3) is 7.88. The first-order chi connectivity index (χ1) is 8.54. The first kappa shape index (κ1) is 17.7. The fourth-order valence-electron chi connectivity index (χ4n) is 2.12. The lowest BCUT2D eigenvalue weighted by Gasteiger charge is -2.32. The lowest BCUT2D eigenvalue weighted by molar-refractivity contribution is 0.117. The maximum atomic E-state index is 3.93. The minimum atomic E-state index is 0.622. The minimum absolute atomic E-state index is 0.622. The lowest BCUT2D eigenvalue weighted by Crippen LogP contribution is -2.41. The van der Waals surface area contributed by atoms with Crippen molar-refractivity contribution in [2.75, 3.05) is 26.8 Å². The van der Waals surface area contributed by atoms with Gasteiger partial charge in [-0.1, -0.05) is 26.3 Å². The van der Waals surface area contributed by atoms with Crippen molar-refractivity contribution >= 4 is 0 Å². The Morgan fingerprint density at radius 2 is 1.83 bits per heavy atom. The molecule has 0 aliphatic heterocycles. The second-order valence-electron chi connectivity index (χ2n) is 5.67. The Labute approximate surface area is 115 Å². The van der Waals surface area contributed by atoms with Crippen molar-refractivity contribution in [1.82, 2.24) is 9.80 Å². The summed E-state index contributed by atoms with van der Waals surface area (Å²) in [6, 6.07) is 0.622. The van der Waals surface area contributed by atoms with Crippen LogP contribution in [0.1, 0.15) is 53.4 Å². The van der Waals surface area contributed by atoms with Gasteiger partial charge in [0, 0.05) is 12.6 Å². The molecule has 1 unspecified atom stereocenters. The monoisotopic (exact) mass is 254 g/mol. The van der Waals surface area contributed by atoms with E-state index in [0.29, 0.717) is 12.0 Å². The molecule has 2 nitrogen and oxygen atoms in total. The number of nitrogens with zero attached hydrogens (tertiary/aromatic N) is 2. The maximum absolute atomic E-state index is 3.93. The Bertz CT molecular complexity index is 201. The van der Waals surface area contributed by atoms with Crippen molar-refractivity contribution in [3.05, 3.63) is 12.7 Å². The summed E-state index contributed by atoms with van der Waals surface area (Å²) < 4.78 is 0. The zero-order valence-electron chi connectivity index (χ0n) is 13.3. The van der Waals surface area contributed by atoms with Crippen LogP contribution in [0.25, 0.3) is 0 Å². The number of unbranched alkanes of at least 4 members (excludes halogenated alkanes) is 1.